The Bertz CT molecular complexity index is 1050. The van der Waals surface area contributed by atoms with Gasteiger partial charge in [-0.25, -0.2) is 4.98 Å². The van der Waals surface area contributed by atoms with Gasteiger partial charge in [-0.3, -0.25) is 14.2 Å². The van der Waals surface area contributed by atoms with Crippen molar-refractivity contribution in [2.24, 2.45) is 0 Å². The topological polar surface area (TPSA) is 55.2 Å². The molecule has 0 N–H and O–H groups in total. The maximum Gasteiger partial charge on any atom is 0.262 e. The predicted molar refractivity (Wildman–Crippen MR) is 113 cm³/mol. The zero-order chi connectivity index (χ0) is 19.6. The normalized spacial score (nSPS) is 11.0. The summed E-state index contributed by atoms with van der Waals surface area (Å²) in [6, 6.07) is 13.1. The largest absolute Gasteiger partial charge is 0.345 e. The van der Waals surface area contributed by atoms with Crippen LogP contribution in [-0.4, -0.2) is 34.5 Å². The highest BCUT2D eigenvalue weighted by Crippen LogP contribution is 2.24. The Morgan fingerprint density at radius 1 is 1.19 bits per heavy atom. The van der Waals surface area contributed by atoms with E-state index in [2.05, 4.69) is 20.9 Å². The van der Waals surface area contributed by atoms with Crippen LogP contribution in [0.5, 0.6) is 0 Å². The lowest BCUT2D eigenvalue weighted by atomic mass is 10.1. The van der Waals surface area contributed by atoms with Gasteiger partial charge in [0, 0.05) is 36.4 Å². The van der Waals surface area contributed by atoms with Crippen molar-refractivity contribution in [1.29, 1.82) is 0 Å². The van der Waals surface area contributed by atoms with Crippen LogP contribution in [0.3, 0.4) is 0 Å². The number of hydrogen-bond acceptors (Lipinski definition) is 4. The summed E-state index contributed by atoms with van der Waals surface area (Å²) in [7, 11) is 3.47. The van der Waals surface area contributed by atoms with Gasteiger partial charge in [-0.15, -0.1) is 0 Å². The Kier molecular flexibility index (Phi) is 6.01. The van der Waals surface area contributed by atoms with Crippen molar-refractivity contribution < 1.29 is 4.79 Å². The SMILES string of the molecule is CCn1c(SCc2ccc(C(=O)N(C)C)cc2)nc2ccc(Br)cc2c1=O. The van der Waals surface area contributed by atoms with Gasteiger partial charge in [-0.2, -0.15) is 0 Å². The molecule has 0 spiro atoms. The van der Waals surface area contributed by atoms with Crippen molar-refractivity contribution in [2.45, 2.75) is 24.4 Å². The van der Waals surface area contributed by atoms with Crippen LogP contribution in [0.15, 0.2) is 56.9 Å². The summed E-state index contributed by atoms with van der Waals surface area (Å²) in [5.74, 6) is 0.654. The number of rotatable bonds is 5. The standard InChI is InChI=1S/C20H20BrN3O2S/c1-4-24-19(26)16-11-15(21)9-10-17(16)22-20(24)27-12-13-5-7-14(8-6-13)18(25)23(2)3/h5-11H,4,12H2,1-3H3. The first kappa shape index (κ1) is 19.6. The second kappa shape index (κ2) is 8.27. The Labute approximate surface area is 170 Å². The van der Waals surface area contributed by atoms with Gasteiger partial charge in [-0.05, 0) is 42.8 Å². The number of benzene rings is 2. The lowest BCUT2D eigenvalue weighted by Crippen LogP contribution is -2.22. The highest BCUT2D eigenvalue weighted by Gasteiger charge is 2.12. The lowest BCUT2D eigenvalue weighted by molar-refractivity contribution is 0.0827. The van der Waals surface area contributed by atoms with Crippen LogP contribution in [0.2, 0.25) is 0 Å². The molecule has 0 aliphatic heterocycles. The highest BCUT2D eigenvalue weighted by molar-refractivity contribution is 9.10. The molecule has 7 heteroatoms. The highest BCUT2D eigenvalue weighted by atomic mass is 79.9. The van der Waals surface area contributed by atoms with Gasteiger partial charge in [0.1, 0.15) is 0 Å². The molecule has 140 valence electrons. The molecule has 0 atom stereocenters. The number of fused-ring (bicyclic) bond motifs is 1. The van der Waals surface area contributed by atoms with E-state index in [9.17, 15) is 9.59 Å². The molecule has 0 saturated carbocycles. The Morgan fingerprint density at radius 2 is 1.89 bits per heavy atom. The minimum Gasteiger partial charge on any atom is -0.345 e. The minimum atomic E-state index is -0.0294. The van der Waals surface area contributed by atoms with Gasteiger partial charge in [0.05, 0.1) is 10.9 Å². The van der Waals surface area contributed by atoms with E-state index in [0.29, 0.717) is 33.9 Å². The number of nitrogens with zero attached hydrogens (tertiary/aromatic N) is 3. The molecule has 0 aliphatic carbocycles. The number of aromatic nitrogens is 2. The summed E-state index contributed by atoms with van der Waals surface area (Å²) in [5, 5.41) is 1.31. The van der Waals surface area contributed by atoms with E-state index in [-0.39, 0.29) is 11.5 Å². The Morgan fingerprint density at radius 3 is 2.52 bits per heavy atom. The quantitative estimate of drug-likeness (QED) is 0.436. The van der Waals surface area contributed by atoms with E-state index in [1.807, 2.05) is 49.4 Å². The van der Waals surface area contributed by atoms with Gasteiger partial charge in [0.2, 0.25) is 0 Å². The van der Waals surface area contributed by atoms with Crippen LogP contribution in [0.1, 0.15) is 22.8 Å². The van der Waals surface area contributed by atoms with Crippen LogP contribution < -0.4 is 5.56 Å². The molecule has 5 nitrogen and oxygen atoms in total. The maximum absolute atomic E-state index is 12.8. The molecule has 1 amide bonds. The van der Waals surface area contributed by atoms with Crippen LogP contribution in [0, 0.1) is 0 Å². The van der Waals surface area contributed by atoms with Crippen molar-refractivity contribution in [3.8, 4) is 0 Å². The number of halogens is 1. The molecule has 0 saturated heterocycles. The second-order valence-electron chi connectivity index (χ2n) is 6.29. The summed E-state index contributed by atoms with van der Waals surface area (Å²) in [4.78, 5) is 31.0. The zero-order valence-corrected chi connectivity index (χ0v) is 17.8. The van der Waals surface area contributed by atoms with Gasteiger partial charge >= 0.3 is 0 Å². The lowest BCUT2D eigenvalue weighted by Gasteiger charge is -2.12. The average Bonchev–Trinajstić information content (AvgIpc) is 2.66. The fraction of sp³-hybridized carbons (Fsp3) is 0.250. The summed E-state index contributed by atoms with van der Waals surface area (Å²) in [6.07, 6.45) is 0. The fourth-order valence-corrected chi connectivity index (χ4v) is 4.09. The van der Waals surface area contributed by atoms with Crippen molar-refractivity contribution in [2.75, 3.05) is 14.1 Å². The molecular weight excluding hydrogens is 426 g/mol. The second-order valence-corrected chi connectivity index (χ2v) is 8.15. The molecule has 27 heavy (non-hydrogen) atoms. The molecule has 0 fully saturated rings. The summed E-state index contributed by atoms with van der Waals surface area (Å²) < 4.78 is 2.56. The number of carbonyl (C=O) groups excluding carboxylic acids is 1. The summed E-state index contributed by atoms with van der Waals surface area (Å²) in [6.45, 7) is 2.51. The molecule has 0 radical (unpaired) electrons. The molecule has 0 unspecified atom stereocenters. The van der Waals surface area contributed by atoms with E-state index in [1.54, 1.807) is 23.6 Å². The average molecular weight is 446 g/mol. The Hall–Kier alpha value is -2.12. The van der Waals surface area contributed by atoms with E-state index < -0.39 is 0 Å². The Balaban J connectivity index is 1.85. The van der Waals surface area contributed by atoms with Crippen LogP contribution in [0.4, 0.5) is 0 Å². The van der Waals surface area contributed by atoms with Crippen molar-refractivity contribution in [1.82, 2.24) is 14.5 Å². The fourth-order valence-electron chi connectivity index (χ4n) is 2.71. The van der Waals surface area contributed by atoms with E-state index >= 15 is 0 Å². The monoisotopic (exact) mass is 445 g/mol. The third-order valence-corrected chi connectivity index (χ3v) is 5.71. The first-order chi connectivity index (χ1) is 12.9. The molecule has 3 rings (SSSR count). The van der Waals surface area contributed by atoms with Crippen molar-refractivity contribution in [3.63, 3.8) is 0 Å². The molecule has 0 bridgehead atoms. The van der Waals surface area contributed by atoms with Gasteiger partial charge in [-0.1, -0.05) is 39.8 Å². The molecule has 3 aromatic rings. The first-order valence-corrected chi connectivity index (χ1v) is 10.3. The summed E-state index contributed by atoms with van der Waals surface area (Å²) in [5.41, 5.74) is 2.40. The van der Waals surface area contributed by atoms with Crippen LogP contribution in [-0.2, 0) is 12.3 Å². The molecule has 1 aromatic heterocycles. The van der Waals surface area contributed by atoms with Crippen molar-refractivity contribution >= 4 is 44.5 Å². The maximum atomic E-state index is 12.8. The third kappa shape index (κ3) is 4.25. The van der Waals surface area contributed by atoms with Gasteiger partial charge < -0.3 is 4.90 Å². The molecule has 2 aromatic carbocycles. The number of amides is 1. The van der Waals surface area contributed by atoms with E-state index in [0.717, 1.165) is 10.0 Å². The van der Waals surface area contributed by atoms with Gasteiger partial charge in [0.15, 0.2) is 5.16 Å². The summed E-state index contributed by atoms with van der Waals surface area (Å²) >= 11 is 4.93. The van der Waals surface area contributed by atoms with Gasteiger partial charge in [0.25, 0.3) is 11.5 Å². The number of hydrogen-bond donors (Lipinski definition) is 0. The first-order valence-electron chi connectivity index (χ1n) is 8.54. The molecular formula is C20H20BrN3O2S. The predicted octanol–water partition coefficient (Wildman–Crippen LogP) is 4.17. The number of thioether (sulfide) groups is 1. The minimum absolute atomic E-state index is 0.0172. The van der Waals surface area contributed by atoms with Crippen LogP contribution in [0.25, 0.3) is 10.9 Å². The van der Waals surface area contributed by atoms with Crippen LogP contribution >= 0.6 is 27.7 Å². The van der Waals surface area contributed by atoms with Crippen molar-refractivity contribution in [3.05, 3.63) is 68.4 Å². The molecule has 0 aliphatic rings. The van der Waals surface area contributed by atoms with E-state index in [4.69, 9.17) is 0 Å². The third-order valence-electron chi connectivity index (χ3n) is 4.17. The van der Waals surface area contributed by atoms with E-state index in [1.165, 1.54) is 11.8 Å². The smallest absolute Gasteiger partial charge is 0.262 e. The molecule has 1 heterocycles. The number of carbonyl (C=O) groups is 1. The zero-order valence-electron chi connectivity index (χ0n) is 15.4.